The molecule has 2 bridgehead atoms. The molecule has 3 nitrogen and oxygen atoms in total. The number of piperazine rings is 2. The second-order valence-electron chi connectivity index (χ2n) is 8.77. The normalized spacial score (nSPS) is 29.9. The zero-order valence-corrected chi connectivity index (χ0v) is 16.9. The van der Waals surface area contributed by atoms with E-state index in [1.807, 2.05) is 0 Å². The first kappa shape index (κ1) is 19.1. The van der Waals surface area contributed by atoms with Crippen molar-refractivity contribution in [3.05, 3.63) is 0 Å². The van der Waals surface area contributed by atoms with Crippen molar-refractivity contribution in [2.24, 2.45) is 0 Å². The van der Waals surface area contributed by atoms with E-state index in [0.29, 0.717) is 18.6 Å². The van der Waals surface area contributed by atoms with Gasteiger partial charge in [0, 0.05) is 55.9 Å². The highest BCUT2D eigenvalue weighted by molar-refractivity contribution is 6.67. The highest BCUT2D eigenvalue weighted by Gasteiger charge is 2.47. The summed E-state index contributed by atoms with van der Waals surface area (Å²) >= 11 is 18.0. The lowest BCUT2D eigenvalue weighted by molar-refractivity contribution is -0.107. The fourth-order valence-corrected chi connectivity index (χ4v) is 4.55. The van der Waals surface area contributed by atoms with Crippen LogP contribution in [0.1, 0.15) is 41.5 Å². The summed E-state index contributed by atoms with van der Waals surface area (Å²) in [5.74, 6) is 0. The first-order chi connectivity index (χ1) is 9.77. The Morgan fingerprint density at radius 2 is 1.23 bits per heavy atom. The first-order valence-electron chi connectivity index (χ1n) is 8.10. The molecule has 0 aliphatic carbocycles. The predicted molar refractivity (Wildman–Crippen MR) is 97.2 cm³/mol. The van der Waals surface area contributed by atoms with E-state index in [1.54, 1.807) is 0 Å². The van der Waals surface area contributed by atoms with Gasteiger partial charge in [-0.1, -0.05) is 34.8 Å². The van der Waals surface area contributed by atoms with Crippen LogP contribution >= 0.6 is 34.8 Å². The molecule has 2 fully saturated rings. The highest BCUT2D eigenvalue weighted by Crippen LogP contribution is 2.35. The van der Waals surface area contributed by atoms with Crippen molar-refractivity contribution < 1.29 is 0 Å². The molecule has 130 valence electrons. The Balaban J connectivity index is 2.18. The van der Waals surface area contributed by atoms with E-state index in [9.17, 15) is 0 Å². The monoisotopic (exact) mass is 369 g/mol. The van der Waals surface area contributed by atoms with Gasteiger partial charge >= 0.3 is 0 Å². The van der Waals surface area contributed by atoms with E-state index >= 15 is 0 Å². The van der Waals surface area contributed by atoms with Gasteiger partial charge in [-0.2, -0.15) is 0 Å². The van der Waals surface area contributed by atoms with Gasteiger partial charge in [0.1, 0.15) is 0 Å². The molecule has 0 radical (unpaired) electrons. The molecular formula is C16H30Cl3N3. The molecule has 2 saturated heterocycles. The summed E-state index contributed by atoms with van der Waals surface area (Å²) in [4.78, 5) is 7.62. The molecule has 0 saturated carbocycles. The van der Waals surface area contributed by atoms with E-state index in [-0.39, 0.29) is 11.1 Å². The molecular weight excluding hydrogens is 341 g/mol. The van der Waals surface area contributed by atoms with Gasteiger partial charge in [-0.15, -0.1) is 0 Å². The van der Waals surface area contributed by atoms with Crippen molar-refractivity contribution in [1.82, 2.24) is 14.7 Å². The lowest BCUT2D eigenvalue weighted by atomic mass is 9.89. The van der Waals surface area contributed by atoms with Crippen LogP contribution in [0.25, 0.3) is 0 Å². The standard InChI is InChI=1S/C16H30Cl3N3/c1-14(2,3)21-9-12-7-20(11-16(17,18)19)8-13(10-21)22(12)15(4,5)6/h12-13H,7-11H2,1-6H3. The fraction of sp³-hybridized carbons (Fsp3) is 1.00. The molecule has 0 aromatic heterocycles. The predicted octanol–water partition coefficient (Wildman–Crippen LogP) is 3.62. The van der Waals surface area contributed by atoms with Gasteiger partial charge in [0.15, 0.2) is 0 Å². The minimum absolute atomic E-state index is 0.172. The maximum absolute atomic E-state index is 6.02. The Morgan fingerprint density at radius 3 is 1.55 bits per heavy atom. The average molecular weight is 371 g/mol. The second kappa shape index (κ2) is 6.24. The molecule has 2 aliphatic heterocycles. The zero-order chi connectivity index (χ0) is 16.9. The number of nitrogens with zero attached hydrogens (tertiary/aromatic N) is 3. The SMILES string of the molecule is CC(C)(C)N1CC2CN(CC(Cl)(Cl)Cl)CC(C1)N2C(C)(C)C. The second-order valence-corrected chi connectivity index (χ2v) is 11.3. The van der Waals surface area contributed by atoms with Crippen LogP contribution in [-0.2, 0) is 0 Å². The lowest BCUT2D eigenvalue weighted by Crippen LogP contribution is -2.74. The van der Waals surface area contributed by atoms with Crippen molar-refractivity contribution in [1.29, 1.82) is 0 Å². The zero-order valence-electron chi connectivity index (χ0n) is 14.7. The van der Waals surface area contributed by atoms with E-state index in [1.165, 1.54) is 0 Å². The minimum atomic E-state index is -1.19. The summed E-state index contributed by atoms with van der Waals surface area (Å²) in [6.07, 6.45) is 0. The van der Waals surface area contributed by atoms with Crippen molar-refractivity contribution in [3.63, 3.8) is 0 Å². The van der Waals surface area contributed by atoms with Crippen molar-refractivity contribution >= 4 is 34.8 Å². The summed E-state index contributed by atoms with van der Waals surface area (Å²) in [6, 6.07) is 0.971. The highest BCUT2D eigenvalue weighted by atomic mass is 35.6. The number of hydrogen-bond donors (Lipinski definition) is 0. The molecule has 2 atom stereocenters. The smallest absolute Gasteiger partial charge is 0.203 e. The Kier molecular flexibility index (Phi) is 5.41. The van der Waals surface area contributed by atoms with E-state index in [0.717, 1.165) is 26.2 Å². The fourth-order valence-electron chi connectivity index (χ4n) is 4.05. The number of halogens is 3. The first-order valence-corrected chi connectivity index (χ1v) is 9.23. The maximum Gasteiger partial charge on any atom is 0.203 e. The lowest BCUT2D eigenvalue weighted by Gasteiger charge is -2.60. The molecule has 6 heteroatoms. The Bertz CT molecular complexity index is 379. The molecule has 2 unspecified atom stereocenters. The summed E-state index contributed by atoms with van der Waals surface area (Å²) < 4.78 is -1.19. The van der Waals surface area contributed by atoms with Gasteiger partial charge in [-0.25, -0.2) is 0 Å². The van der Waals surface area contributed by atoms with Gasteiger partial charge in [-0.3, -0.25) is 14.7 Å². The van der Waals surface area contributed by atoms with Gasteiger partial charge in [0.25, 0.3) is 0 Å². The summed E-state index contributed by atoms with van der Waals surface area (Å²) in [5, 5.41) is 0. The maximum atomic E-state index is 6.02. The molecule has 2 rings (SSSR count). The van der Waals surface area contributed by atoms with Crippen molar-refractivity contribution in [3.8, 4) is 0 Å². The van der Waals surface area contributed by atoms with Gasteiger partial charge in [-0.05, 0) is 41.5 Å². The van der Waals surface area contributed by atoms with Crippen LogP contribution in [0.5, 0.6) is 0 Å². The third-order valence-corrected chi connectivity index (χ3v) is 5.07. The van der Waals surface area contributed by atoms with Crippen LogP contribution in [-0.4, -0.2) is 74.4 Å². The van der Waals surface area contributed by atoms with Crippen LogP contribution in [0.3, 0.4) is 0 Å². The van der Waals surface area contributed by atoms with Crippen LogP contribution in [0, 0.1) is 0 Å². The van der Waals surface area contributed by atoms with E-state index in [4.69, 9.17) is 34.8 Å². The summed E-state index contributed by atoms with van der Waals surface area (Å²) in [6.45, 7) is 18.4. The third-order valence-electron chi connectivity index (χ3n) is 4.71. The topological polar surface area (TPSA) is 9.72 Å². The van der Waals surface area contributed by atoms with Crippen LogP contribution in [0.15, 0.2) is 0 Å². The van der Waals surface area contributed by atoms with Crippen molar-refractivity contribution in [2.75, 3.05) is 32.7 Å². The molecule has 22 heavy (non-hydrogen) atoms. The Morgan fingerprint density at radius 1 is 0.773 bits per heavy atom. The van der Waals surface area contributed by atoms with Crippen LogP contribution in [0.2, 0.25) is 0 Å². The molecule has 0 aromatic rings. The average Bonchev–Trinajstić information content (AvgIpc) is 2.21. The van der Waals surface area contributed by atoms with Crippen LogP contribution < -0.4 is 0 Å². The number of alkyl halides is 3. The van der Waals surface area contributed by atoms with Crippen LogP contribution in [0.4, 0.5) is 0 Å². The van der Waals surface area contributed by atoms with Gasteiger partial charge < -0.3 is 0 Å². The van der Waals surface area contributed by atoms with Crippen molar-refractivity contribution in [2.45, 2.75) is 68.5 Å². The molecule has 0 N–H and O–H groups in total. The molecule has 0 aromatic carbocycles. The summed E-state index contributed by atoms with van der Waals surface area (Å²) in [7, 11) is 0. The summed E-state index contributed by atoms with van der Waals surface area (Å²) in [5.41, 5.74) is 0.378. The van der Waals surface area contributed by atoms with Gasteiger partial charge in [0.2, 0.25) is 3.79 Å². The number of hydrogen-bond acceptors (Lipinski definition) is 3. The van der Waals surface area contributed by atoms with E-state index in [2.05, 4.69) is 56.2 Å². The van der Waals surface area contributed by atoms with Gasteiger partial charge in [0.05, 0.1) is 0 Å². The quantitative estimate of drug-likeness (QED) is 0.653. The minimum Gasteiger partial charge on any atom is -0.296 e. The molecule has 2 aliphatic rings. The number of fused-ring (bicyclic) bond motifs is 2. The largest absolute Gasteiger partial charge is 0.296 e. The third kappa shape index (κ3) is 4.64. The number of rotatable bonds is 1. The van der Waals surface area contributed by atoms with E-state index < -0.39 is 3.79 Å². The molecule has 2 heterocycles. The Labute approximate surface area is 150 Å². The Hall–Kier alpha value is 0.750. The molecule has 0 spiro atoms. The molecule has 0 amide bonds.